The number of methoxy groups -OCH3 is 1. The molecule has 2 fully saturated rings. The number of imide groups is 1. The molecule has 2 saturated heterocycles. The fraction of sp³-hybridized carbons (Fsp3) is 0.300. The van der Waals surface area contributed by atoms with Gasteiger partial charge in [0.15, 0.2) is 5.78 Å². The molecule has 0 unspecified atom stereocenters. The molecule has 0 radical (unpaired) electrons. The van der Waals surface area contributed by atoms with Gasteiger partial charge >= 0.3 is 0 Å². The Hall–Kier alpha value is -3.93. The molecule has 0 aliphatic carbocycles. The fourth-order valence-electron chi connectivity index (χ4n) is 5.99. The van der Waals surface area contributed by atoms with Gasteiger partial charge in [-0.25, -0.2) is 4.90 Å². The summed E-state index contributed by atoms with van der Waals surface area (Å²) in [4.78, 5) is 45.2. The molecule has 0 saturated carbocycles. The minimum absolute atomic E-state index is 0.0430. The Morgan fingerprint density at radius 1 is 0.889 bits per heavy atom. The number of carbonyl (C=O) groups is 3. The van der Waals surface area contributed by atoms with Crippen LogP contribution in [0.15, 0.2) is 66.7 Å². The lowest BCUT2D eigenvalue weighted by Crippen LogP contribution is -2.51. The number of benzene rings is 3. The highest BCUT2D eigenvalue weighted by molar-refractivity contribution is 6.25. The number of ether oxygens (including phenoxy) is 1. The molecule has 0 N–H and O–H groups in total. The van der Waals surface area contributed by atoms with E-state index in [9.17, 15) is 14.4 Å². The van der Waals surface area contributed by atoms with Gasteiger partial charge in [-0.1, -0.05) is 63.3 Å². The monoisotopic (exact) mass is 480 g/mol. The van der Waals surface area contributed by atoms with E-state index in [-0.39, 0.29) is 23.6 Å². The number of rotatable bonds is 3. The Morgan fingerprint density at radius 3 is 2.33 bits per heavy atom. The molecule has 3 aromatic carbocycles. The lowest BCUT2D eigenvalue weighted by Gasteiger charge is -2.38. The summed E-state index contributed by atoms with van der Waals surface area (Å²) >= 11 is 0. The summed E-state index contributed by atoms with van der Waals surface area (Å²) in [7, 11) is 1.61. The predicted octanol–water partition coefficient (Wildman–Crippen LogP) is 4.85. The Bertz CT molecular complexity index is 1470. The summed E-state index contributed by atoms with van der Waals surface area (Å²) in [6, 6.07) is 18.0. The zero-order chi connectivity index (χ0) is 25.4. The molecule has 4 atom stereocenters. The van der Waals surface area contributed by atoms with Crippen LogP contribution < -0.4 is 14.5 Å². The second-order valence-electron chi connectivity index (χ2n) is 10.8. The number of carbonyl (C=O) groups excluding carboxylic acids is 3. The van der Waals surface area contributed by atoms with E-state index in [2.05, 4.69) is 0 Å². The highest BCUT2D eigenvalue weighted by Gasteiger charge is 2.65. The van der Waals surface area contributed by atoms with Gasteiger partial charge in [-0.05, 0) is 41.1 Å². The normalized spacial score (nSPS) is 24.7. The first kappa shape index (κ1) is 22.5. The van der Waals surface area contributed by atoms with Gasteiger partial charge in [-0.3, -0.25) is 14.4 Å². The molecular formula is C30H28N2O4. The first-order chi connectivity index (χ1) is 17.2. The molecular weight excluding hydrogens is 452 g/mol. The van der Waals surface area contributed by atoms with E-state index in [1.54, 1.807) is 7.11 Å². The van der Waals surface area contributed by atoms with Crippen molar-refractivity contribution < 1.29 is 19.1 Å². The van der Waals surface area contributed by atoms with Crippen molar-refractivity contribution in [1.82, 2.24) is 0 Å². The highest BCUT2D eigenvalue weighted by Crippen LogP contribution is 2.51. The topological polar surface area (TPSA) is 66.9 Å². The Morgan fingerprint density at radius 2 is 1.61 bits per heavy atom. The average molecular weight is 481 g/mol. The molecule has 3 aliphatic rings. The van der Waals surface area contributed by atoms with E-state index in [1.807, 2.05) is 98.5 Å². The van der Waals surface area contributed by atoms with E-state index in [0.717, 1.165) is 22.0 Å². The second-order valence-corrected chi connectivity index (χ2v) is 10.8. The summed E-state index contributed by atoms with van der Waals surface area (Å²) in [6.45, 7) is 5.61. The van der Waals surface area contributed by atoms with Crippen LogP contribution in [-0.2, 0) is 14.4 Å². The number of nitrogens with zero attached hydrogens (tertiary/aromatic N) is 2. The molecule has 6 heteroatoms. The first-order valence-electron chi connectivity index (χ1n) is 12.3. The number of hydrogen-bond donors (Lipinski definition) is 0. The van der Waals surface area contributed by atoms with E-state index in [1.165, 1.54) is 4.90 Å². The smallest absolute Gasteiger partial charge is 0.240 e. The van der Waals surface area contributed by atoms with Gasteiger partial charge < -0.3 is 9.64 Å². The molecule has 0 bridgehead atoms. The average Bonchev–Trinajstić information content (AvgIpc) is 3.34. The molecule has 2 amide bonds. The summed E-state index contributed by atoms with van der Waals surface area (Å²) in [6.07, 6.45) is 3.93. The standard InChI is InChI=1S/C30H28N2O4/c1-30(2,3)27(33)26-25-24(23-13-10-19-16-21(36-4)12-14-22(19)32(23)26)28(34)31(29(25)35)20-11-9-17-7-5-6-8-18(17)15-20/h5-16,23-26H,1-4H3/t23-,24+,25+,26-/m1/s1. The number of ketones is 1. The summed E-state index contributed by atoms with van der Waals surface area (Å²) in [5.41, 5.74) is 1.62. The van der Waals surface area contributed by atoms with E-state index >= 15 is 0 Å². The molecule has 3 aliphatic heterocycles. The van der Waals surface area contributed by atoms with E-state index in [4.69, 9.17) is 4.74 Å². The number of anilines is 2. The number of amides is 2. The van der Waals surface area contributed by atoms with E-state index < -0.39 is 23.3 Å². The third-order valence-electron chi connectivity index (χ3n) is 7.71. The third kappa shape index (κ3) is 3.13. The van der Waals surface area contributed by atoms with Gasteiger partial charge in [0, 0.05) is 16.7 Å². The van der Waals surface area contributed by atoms with Crippen LogP contribution in [0.5, 0.6) is 5.75 Å². The summed E-state index contributed by atoms with van der Waals surface area (Å²) in [5.74, 6) is -1.27. The fourth-order valence-corrected chi connectivity index (χ4v) is 5.99. The van der Waals surface area contributed by atoms with Crippen LogP contribution in [0.2, 0.25) is 0 Å². The van der Waals surface area contributed by atoms with Crippen LogP contribution in [0, 0.1) is 17.3 Å². The molecule has 182 valence electrons. The van der Waals surface area contributed by atoms with Crippen LogP contribution in [0.4, 0.5) is 11.4 Å². The SMILES string of the molecule is COc1ccc2c(c1)C=C[C@@H]1[C@@H]3C(=O)N(c4ccc5ccccc5c4)C(=O)[C@@H]3[C@H](C(=O)C(C)(C)C)N21. The van der Waals surface area contributed by atoms with E-state index in [0.29, 0.717) is 11.4 Å². The van der Waals surface area contributed by atoms with Crippen LogP contribution in [-0.4, -0.2) is 36.8 Å². The van der Waals surface area contributed by atoms with Crippen molar-refractivity contribution in [2.45, 2.75) is 32.9 Å². The van der Waals surface area contributed by atoms with Gasteiger partial charge in [-0.2, -0.15) is 0 Å². The zero-order valence-electron chi connectivity index (χ0n) is 20.8. The number of Topliss-reactive ketones (excluding diaryl/α,β-unsaturated/α-hetero) is 1. The van der Waals surface area contributed by atoms with Crippen LogP contribution >= 0.6 is 0 Å². The summed E-state index contributed by atoms with van der Waals surface area (Å²) in [5, 5.41) is 1.99. The minimum atomic E-state index is -0.751. The van der Waals surface area contributed by atoms with Gasteiger partial charge in [0.2, 0.25) is 11.8 Å². The maximum absolute atomic E-state index is 14.0. The minimum Gasteiger partial charge on any atom is -0.497 e. The van der Waals surface area contributed by atoms with Gasteiger partial charge in [0.1, 0.15) is 11.8 Å². The van der Waals surface area contributed by atoms with Gasteiger partial charge in [0.25, 0.3) is 0 Å². The van der Waals surface area contributed by atoms with Crippen molar-refractivity contribution in [3.63, 3.8) is 0 Å². The molecule has 3 heterocycles. The Balaban J connectivity index is 1.48. The maximum atomic E-state index is 14.0. The van der Waals surface area contributed by atoms with Crippen molar-refractivity contribution in [3.8, 4) is 5.75 Å². The van der Waals surface area contributed by atoms with Crippen molar-refractivity contribution in [2.24, 2.45) is 17.3 Å². The van der Waals surface area contributed by atoms with Crippen molar-refractivity contribution in [2.75, 3.05) is 16.9 Å². The highest BCUT2D eigenvalue weighted by atomic mass is 16.5. The van der Waals surface area contributed by atoms with Gasteiger partial charge in [0.05, 0.1) is 30.7 Å². The quantitative estimate of drug-likeness (QED) is 0.501. The molecule has 0 spiro atoms. The number of fused-ring (bicyclic) bond motifs is 6. The lowest BCUT2D eigenvalue weighted by molar-refractivity contribution is -0.132. The van der Waals surface area contributed by atoms with Crippen LogP contribution in [0.3, 0.4) is 0 Å². The number of hydrogen-bond acceptors (Lipinski definition) is 5. The van der Waals surface area contributed by atoms with Gasteiger partial charge in [-0.15, -0.1) is 0 Å². The van der Waals surface area contributed by atoms with Crippen molar-refractivity contribution in [3.05, 3.63) is 72.3 Å². The first-order valence-corrected chi connectivity index (χ1v) is 12.3. The summed E-state index contributed by atoms with van der Waals surface area (Å²) < 4.78 is 5.39. The predicted molar refractivity (Wildman–Crippen MR) is 140 cm³/mol. The Labute approximate surface area is 210 Å². The second kappa shape index (κ2) is 7.79. The Kier molecular flexibility index (Phi) is 4.87. The van der Waals surface area contributed by atoms with Crippen molar-refractivity contribution >= 4 is 45.8 Å². The molecule has 0 aromatic heterocycles. The third-order valence-corrected chi connectivity index (χ3v) is 7.71. The molecule has 36 heavy (non-hydrogen) atoms. The van der Waals surface area contributed by atoms with Crippen LogP contribution in [0.25, 0.3) is 16.8 Å². The lowest BCUT2D eigenvalue weighted by atomic mass is 9.79. The largest absolute Gasteiger partial charge is 0.497 e. The molecule has 3 aromatic rings. The maximum Gasteiger partial charge on any atom is 0.240 e. The van der Waals surface area contributed by atoms with Crippen LogP contribution in [0.1, 0.15) is 26.3 Å². The van der Waals surface area contributed by atoms with Crippen molar-refractivity contribution in [1.29, 1.82) is 0 Å². The molecule has 6 nitrogen and oxygen atoms in total. The zero-order valence-corrected chi connectivity index (χ0v) is 20.8. The molecule has 6 rings (SSSR count).